The maximum absolute atomic E-state index is 12.5. The molecule has 1 unspecified atom stereocenters. The van der Waals surface area contributed by atoms with Gasteiger partial charge in [-0.25, -0.2) is 0 Å². The highest BCUT2D eigenvalue weighted by atomic mass is 16.5. The van der Waals surface area contributed by atoms with Gasteiger partial charge in [-0.2, -0.15) is 0 Å². The number of piperidine rings is 1. The van der Waals surface area contributed by atoms with Crippen LogP contribution in [0.3, 0.4) is 0 Å². The van der Waals surface area contributed by atoms with Crippen molar-refractivity contribution < 1.29 is 14.3 Å². The molecule has 2 aromatic rings. The number of rotatable bonds is 4. The lowest BCUT2D eigenvalue weighted by atomic mass is 10.1. The molecule has 3 rings (SSSR count). The van der Waals surface area contributed by atoms with Gasteiger partial charge in [-0.1, -0.05) is 35.5 Å². The number of aliphatic hydroxyl groups excluding tert-OH is 1. The highest BCUT2D eigenvalue weighted by molar-refractivity contribution is 5.56. The smallest absolute Gasteiger partial charge is 0.167 e. The number of quaternary nitrogens is 1. The maximum Gasteiger partial charge on any atom is 0.167 e. The normalized spacial score (nSPS) is 19.3. The summed E-state index contributed by atoms with van der Waals surface area (Å²) in [6, 6.07) is 11.3. The van der Waals surface area contributed by atoms with Gasteiger partial charge >= 0.3 is 0 Å². The fourth-order valence-electron chi connectivity index (χ4n) is 2.86. The van der Waals surface area contributed by atoms with Crippen LogP contribution < -0.4 is 0 Å². The first-order valence-electron chi connectivity index (χ1n) is 7.43. The number of aromatic nitrogens is 1. The van der Waals surface area contributed by atoms with E-state index in [0.29, 0.717) is 24.5 Å². The van der Waals surface area contributed by atoms with E-state index < -0.39 is 6.10 Å². The highest BCUT2D eigenvalue weighted by Crippen LogP contribution is 2.26. The number of hydrogen-bond acceptors (Lipinski definition) is 4. The van der Waals surface area contributed by atoms with Crippen molar-refractivity contribution in [2.75, 3.05) is 19.6 Å². The van der Waals surface area contributed by atoms with Crippen molar-refractivity contribution in [2.45, 2.75) is 25.4 Å². The molecule has 1 aliphatic rings. The van der Waals surface area contributed by atoms with Gasteiger partial charge in [0.1, 0.15) is 18.3 Å². The Hall–Kier alpha value is -1.69. The topological polar surface area (TPSA) is 69.3 Å². The summed E-state index contributed by atoms with van der Waals surface area (Å²) in [5, 5.41) is 26.7. The van der Waals surface area contributed by atoms with Crippen molar-refractivity contribution in [3.05, 3.63) is 47.3 Å². The number of hydroxylamine groups is 3. The molecule has 21 heavy (non-hydrogen) atoms. The van der Waals surface area contributed by atoms with Crippen LogP contribution in [0.2, 0.25) is 0 Å². The van der Waals surface area contributed by atoms with Gasteiger partial charge in [-0.3, -0.25) is 0 Å². The van der Waals surface area contributed by atoms with E-state index in [1.165, 1.54) is 0 Å². The van der Waals surface area contributed by atoms with Crippen molar-refractivity contribution in [3.8, 4) is 11.3 Å². The molecule has 0 radical (unpaired) electrons. The Morgan fingerprint density at radius 2 is 1.90 bits per heavy atom. The summed E-state index contributed by atoms with van der Waals surface area (Å²) >= 11 is 0. The van der Waals surface area contributed by atoms with Crippen molar-refractivity contribution in [1.29, 1.82) is 0 Å². The van der Waals surface area contributed by atoms with Gasteiger partial charge in [0.2, 0.25) is 0 Å². The molecule has 0 aliphatic carbocycles. The van der Waals surface area contributed by atoms with E-state index in [4.69, 9.17) is 4.52 Å². The summed E-state index contributed by atoms with van der Waals surface area (Å²) in [5.41, 5.74) is 1.35. The lowest BCUT2D eigenvalue weighted by molar-refractivity contribution is -0.889. The fraction of sp³-hybridized carbons (Fsp3) is 0.438. The van der Waals surface area contributed by atoms with E-state index in [1.54, 1.807) is 6.07 Å². The van der Waals surface area contributed by atoms with Crippen LogP contribution >= 0.6 is 0 Å². The van der Waals surface area contributed by atoms with Crippen molar-refractivity contribution in [2.24, 2.45) is 0 Å². The minimum Gasteiger partial charge on any atom is -0.633 e. The number of aliphatic hydroxyl groups is 1. The summed E-state index contributed by atoms with van der Waals surface area (Å²) in [6.45, 7) is 1.32. The number of likely N-dealkylation sites (tertiary alicyclic amines) is 1. The zero-order valence-electron chi connectivity index (χ0n) is 11.9. The lowest BCUT2D eigenvalue weighted by Crippen LogP contribution is -2.48. The average molecular weight is 288 g/mol. The van der Waals surface area contributed by atoms with E-state index in [-0.39, 0.29) is 11.2 Å². The molecule has 1 N–H and O–H groups in total. The zero-order chi connectivity index (χ0) is 14.7. The minimum absolute atomic E-state index is 0.154. The first kappa shape index (κ1) is 14.3. The number of nitrogens with zero attached hydrogens (tertiary/aromatic N) is 2. The first-order chi connectivity index (χ1) is 10.2. The van der Waals surface area contributed by atoms with E-state index in [2.05, 4.69) is 5.16 Å². The molecular weight excluding hydrogens is 268 g/mol. The van der Waals surface area contributed by atoms with Crippen LogP contribution in [0.15, 0.2) is 40.9 Å². The number of benzene rings is 1. The molecule has 1 saturated heterocycles. The van der Waals surface area contributed by atoms with Crippen molar-refractivity contribution in [3.63, 3.8) is 0 Å². The molecule has 1 aromatic heterocycles. The third kappa shape index (κ3) is 3.32. The molecule has 5 nitrogen and oxygen atoms in total. The molecule has 0 saturated carbocycles. The standard InChI is InChI=1S/C16H20N2O3/c19-15(12-18(20)9-5-2-6-10-18)14-11-16(21-17-14)13-7-3-1-4-8-13/h1,3-4,7-8,11,15,19H,2,5-6,9-10,12H2. The monoisotopic (exact) mass is 288 g/mol. The summed E-state index contributed by atoms with van der Waals surface area (Å²) in [7, 11) is 0. The molecule has 1 atom stereocenters. The SMILES string of the molecule is [O-][N+]1(CC(O)c2cc(-c3ccccc3)on2)CCCCC1. The van der Waals surface area contributed by atoms with Crippen LogP contribution in [0.5, 0.6) is 0 Å². The second kappa shape index (κ2) is 5.97. The second-order valence-electron chi connectivity index (χ2n) is 5.75. The lowest BCUT2D eigenvalue weighted by Gasteiger charge is -2.46. The molecule has 112 valence electrons. The Bertz CT molecular complexity index is 576. The average Bonchev–Trinajstić information content (AvgIpc) is 2.98. The van der Waals surface area contributed by atoms with Gasteiger partial charge in [-0.05, 0) is 19.3 Å². The van der Waals surface area contributed by atoms with Crippen molar-refractivity contribution in [1.82, 2.24) is 5.16 Å². The molecule has 0 bridgehead atoms. The third-order valence-corrected chi connectivity index (χ3v) is 4.07. The van der Waals surface area contributed by atoms with Crippen LogP contribution in [0.4, 0.5) is 0 Å². The Kier molecular flexibility index (Phi) is 4.05. The molecule has 1 fully saturated rings. The van der Waals surface area contributed by atoms with Gasteiger partial charge in [0.15, 0.2) is 5.76 Å². The number of hydrogen-bond donors (Lipinski definition) is 1. The Morgan fingerprint density at radius 3 is 2.62 bits per heavy atom. The molecule has 0 spiro atoms. The van der Waals surface area contributed by atoms with Crippen molar-refractivity contribution >= 4 is 0 Å². The van der Waals surface area contributed by atoms with Crippen LogP contribution in [-0.2, 0) is 0 Å². The molecule has 1 aromatic carbocycles. The predicted octanol–water partition coefficient (Wildman–Crippen LogP) is 2.87. The van der Waals surface area contributed by atoms with Crippen LogP contribution in [-0.4, -0.2) is 34.5 Å². The molecule has 1 aliphatic heterocycles. The Balaban J connectivity index is 1.71. The summed E-state index contributed by atoms with van der Waals surface area (Å²) < 4.78 is 4.95. The molecule has 0 amide bonds. The quantitative estimate of drug-likeness (QED) is 0.693. The van der Waals surface area contributed by atoms with Gasteiger partial charge in [0, 0.05) is 11.6 Å². The Morgan fingerprint density at radius 1 is 1.19 bits per heavy atom. The highest BCUT2D eigenvalue weighted by Gasteiger charge is 2.27. The van der Waals surface area contributed by atoms with Crippen LogP contribution in [0.1, 0.15) is 31.1 Å². The maximum atomic E-state index is 12.5. The Labute approximate surface area is 124 Å². The summed E-state index contributed by atoms with van der Waals surface area (Å²) in [5.74, 6) is 0.612. The van der Waals surface area contributed by atoms with Crippen LogP contribution in [0, 0.1) is 5.21 Å². The molecular formula is C16H20N2O3. The summed E-state index contributed by atoms with van der Waals surface area (Å²) in [4.78, 5) is 0. The molecule has 5 heteroatoms. The third-order valence-electron chi connectivity index (χ3n) is 4.07. The van der Waals surface area contributed by atoms with Gasteiger partial charge in [0.25, 0.3) is 0 Å². The van der Waals surface area contributed by atoms with E-state index in [9.17, 15) is 10.3 Å². The molecule has 2 heterocycles. The second-order valence-corrected chi connectivity index (χ2v) is 5.75. The predicted molar refractivity (Wildman–Crippen MR) is 79.0 cm³/mol. The summed E-state index contributed by atoms with van der Waals surface area (Å²) in [6.07, 6.45) is 2.11. The van der Waals surface area contributed by atoms with Gasteiger partial charge < -0.3 is 19.5 Å². The first-order valence-corrected chi connectivity index (χ1v) is 7.43. The van der Waals surface area contributed by atoms with Gasteiger partial charge in [-0.15, -0.1) is 0 Å². The van der Waals surface area contributed by atoms with Gasteiger partial charge in [0.05, 0.1) is 13.1 Å². The van der Waals surface area contributed by atoms with E-state index in [0.717, 1.165) is 24.8 Å². The minimum atomic E-state index is -0.873. The van der Waals surface area contributed by atoms with E-state index in [1.807, 2.05) is 30.3 Å². The largest absolute Gasteiger partial charge is 0.633 e. The van der Waals surface area contributed by atoms with E-state index >= 15 is 0 Å². The fourth-order valence-corrected chi connectivity index (χ4v) is 2.86. The zero-order valence-corrected chi connectivity index (χ0v) is 11.9. The van der Waals surface area contributed by atoms with Crippen LogP contribution in [0.25, 0.3) is 11.3 Å².